The van der Waals surface area contributed by atoms with E-state index in [1.54, 1.807) is 0 Å². The van der Waals surface area contributed by atoms with Crippen LogP contribution in [-0.2, 0) is 6.42 Å². The van der Waals surface area contributed by atoms with Gasteiger partial charge in [-0.05, 0) is 45.9 Å². The van der Waals surface area contributed by atoms with E-state index in [0.717, 1.165) is 12.8 Å². The zero-order valence-electron chi connectivity index (χ0n) is 9.03. The van der Waals surface area contributed by atoms with E-state index in [4.69, 9.17) is 0 Å². The van der Waals surface area contributed by atoms with Crippen LogP contribution in [0.3, 0.4) is 0 Å². The van der Waals surface area contributed by atoms with Crippen LogP contribution in [0.25, 0.3) is 22.4 Å². The van der Waals surface area contributed by atoms with Crippen LogP contribution < -0.4 is 0 Å². The van der Waals surface area contributed by atoms with E-state index in [1.165, 1.54) is 33.0 Å². The van der Waals surface area contributed by atoms with E-state index in [0.29, 0.717) is 0 Å². The van der Waals surface area contributed by atoms with Gasteiger partial charge in [0.1, 0.15) is 0 Å². The Kier molecular flexibility index (Phi) is 1.49. The lowest BCUT2D eigenvalue weighted by molar-refractivity contribution is 1.23. The molecule has 0 amide bonds. The van der Waals surface area contributed by atoms with Crippen molar-refractivity contribution in [1.29, 1.82) is 0 Å². The van der Waals surface area contributed by atoms with Gasteiger partial charge in [-0.3, -0.25) is 0 Å². The summed E-state index contributed by atoms with van der Waals surface area (Å²) < 4.78 is 0. The molecule has 0 saturated heterocycles. The maximum Gasteiger partial charge on any atom is -0.00674 e. The first-order valence-corrected chi connectivity index (χ1v) is 5.84. The molecule has 2 aliphatic rings. The number of benzene rings is 2. The van der Waals surface area contributed by atoms with Gasteiger partial charge in [0.2, 0.25) is 0 Å². The lowest BCUT2D eigenvalue weighted by atomic mass is 9.82. The van der Waals surface area contributed by atoms with Crippen molar-refractivity contribution >= 4 is 22.4 Å². The monoisotopic (exact) mass is 204 g/mol. The Labute approximate surface area is 94.9 Å². The molecule has 16 heavy (non-hydrogen) atoms. The quantitative estimate of drug-likeness (QED) is 0.603. The van der Waals surface area contributed by atoms with E-state index in [1.807, 2.05) is 0 Å². The molecular formula is C16H12. The highest BCUT2D eigenvalue weighted by Gasteiger charge is 2.18. The summed E-state index contributed by atoms with van der Waals surface area (Å²) in [6, 6.07) is 11.1. The second-order valence-corrected chi connectivity index (χ2v) is 4.59. The first kappa shape index (κ1) is 8.35. The summed E-state index contributed by atoms with van der Waals surface area (Å²) in [6.07, 6.45) is 9.11. The van der Waals surface area contributed by atoms with E-state index in [-0.39, 0.29) is 0 Å². The summed E-state index contributed by atoms with van der Waals surface area (Å²) in [4.78, 5) is 0. The molecule has 0 nitrogen and oxygen atoms in total. The van der Waals surface area contributed by atoms with Gasteiger partial charge in [0.05, 0.1) is 0 Å². The molecule has 0 saturated carbocycles. The Morgan fingerprint density at radius 2 is 1.94 bits per heavy atom. The van der Waals surface area contributed by atoms with Crippen LogP contribution in [-0.4, -0.2) is 0 Å². The molecule has 0 heterocycles. The van der Waals surface area contributed by atoms with Crippen molar-refractivity contribution < 1.29 is 0 Å². The second-order valence-electron chi connectivity index (χ2n) is 4.59. The zero-order valence-corrected chi connectivity index (χ0v) is 9.03. The van der Waals surface area contributed by atoms with Crippen molar-refractivity contribution in [3.8, 4) is 0 Å². The van der Waals surface area contributed by atoms with Crippen LogP contribution in [0.15, 0.2) is 42.5 Å². The highest BCUT2D eigenvalue weighted by molar-refractivity contribution is 6.02. The molecule has 2 aromatic carbocycles. The minimum Gasteiger partial charge on any atom is -0.0795 e. The maximum atomic E-state index is 2.39. The molecule has 2 aromatic rings. The Bertz CT molecular complexity index is 657. The van der Waals surface area contributed by atoms with Gasteiger partial charge in [-0.1, -0.05) is 48.6 Å². The Balaban J connectivity index is 2.27. The van der Waals surface area contributed by atoms with Gasteiger partial charge >= 0.3 is 0 Å². The minimum atomic E-state index is 1.09. The van der Waals surface area contributed by atoms with Crippen LogP contribution in [0.5, 0.6) is 0 Å². The van der Waals surface area contributed by atoms with Crippen molar-refractivity contribution in [3.05, 3.63) is 59.2 Å². The van der Waals surface area contributed by atoms with E-state index in [9.17, 15) is 0 Å². The predicted molar refractivity (Wildman–Crippen MR) is 69.3 cm³/mol. The van der Waals surface area contributed by atoms with Gasteiger partial charge in [0.15, 0.2) is 0 Å². The second kappa shape index (κ2) is 2.85. The van der Waals surface area contributed by atoms with Crippen molar-refractivity contribution in [2.45, 2.75) is 12.8 Å². The average molecular weight is 204 g/mol. The van der Waals surface area contributed by atoms with Gasteiger partial charge in [-0.2, -0.15) is 0 Å². The molecule has 0 aromatic heterocycles. The van der Waals surface area contributed by atoms with Gasteiger partial charge < -0.3 is 0 Å². The molecule has 0 radical (unpaired) electrons. The molecule has 76 valence electrons. The lowest BCUT2D eigenvalue weighted by Crippen LogP contribution is -2.02. The summed E-state index contributed by atoms with van der Waals surface area (Å²) in [7, 11) is 0. The highest BCUT2D eigenvalue weighted by atomic mass is 14.2. The molecule has 0 fully saturated rings. The normalized spacial score (nSPS) is 16.4. The largest absolute Gasteiger partial charge is 0.0795 e. The molecule has 0 atom stereocenters. The zero-order chi connectivity index (χ0) is 10.5. The lowest BCUT2D eigenvalue weighted by Gasteiger charge is -2.22. The van der Waals surface area contributed by atoms with Gasteiger partial charge in [-0.25, -0.2) is 0 Å². The molecule has 0 bridgehead atoms. The third-order valence-corrected chi connectivity index (χ3v) is 3.69. The molecule has 0 N–H and O–H groups in total. The molecule has 0 aliphatic heterocycles. The summed E-state index contributed by atoms with van der Waals surface area (Å²) in [6.45, 7) is 0. The smallest absolute Gasteiger partial charge is 0.00674 e. The number of allylic oxidation sites excluding steroid dienone is 3. The van der Waals surface area contributed by atoms with Crippen molar-refractivity contribution in [2.75, 3.05) is 0 Å². The predicted octanol–water partition coefficient (Wildman–Crippen LogP) is 4.20. The fourth-order valence-electron chi connectivity index (χ4n) is 2.96. The van der Waals surface area contributed by atoms with Crippen LogP contribution in [0, 0.1) is 0 Å². The molecule has 2 aliphatic carbocycles. The topological polar surface area (TPSA) is 0 Å². The molecular weight excluding hydrogens is 192 g/mol. The first-order chi connectivity index (χ1) is 7.93. The Morgan fingerprint density at radius 3 is 2.94 bits per heavy atom. The first-order valence-electron chi connectivity index (χ1n) is 5.84. The minimum absolute atomic E-state index is 1.09. The summed E-state index contributed by atoms with van der Waals surface area (Å²) in [5, 5.41) is 2.87. The van der Waals surface area contributed by atoms with Gasteiger partial charge in [0, 0.05) is 0 Å². The third kappa shape index (κ3) is 0.943. The fourth-order valence-corrected chi connectivity index (χ4v) is 2.96. The van der Waals surface area contributed by atoms with E-state index >= 15 is 0 Å². The standard InChI is InChI=1S/C16H12/c1-3-11-7-9-13-5-2-6-14-10-8-12(4-1)15(11)16(13)14/h1-5,7,9-10H,6,8H2. The van der Waals surface area contributed by atoms with E-state index in [2.05, 4.69) is 48.6 Å². The number of rotatable bonds is 0. The van der Waals surface area contributed by atoms with Crippen LogP contribution in [0.4, 0.5) is 0 Å². The Morgan fingerprint density at radius 1 is 0.938 bits per heavy atom. The third-order valence-electron chi connectivity index (χ3n) is 3.69. The van der Waals surface area contributed by atoms with E-state index < -0.39 is 0 Å². The molecule has 4 rings (SSSR count). The number of hydrogen-bond acceptors (Lipinski definition) is 0. The van der Waals surface area contributed by atoms with Crippen LogP contribution >= 0.6 is 0 Å². The summed E-state index contributed by atoms with van der Waals surface area (Å²) in [5.74, 6) is 0. The molecule has 0 heteroatoms. The fraction of sp³-hybridized carbons (Fsp3) is 0.125. The number of hydrogen-bond donors (Lipinski definition) is 0. The van der Waals surface area contributed by atoms with Crippen LogP contribution in [0.2, 0.25) is 0 Å². The molecule has 0 spiro atoms. The average Bonchev–Trinajstić information content (AvgIpc) is 2.36. The maximum absolute atomic E-state index is 2.39. The van der Waals surface area contributed by atoms with Crippen molar-refractivity contribution in [2.24, 2.45) is 0 Å². The highest BCUT2D eigenvalue weighted by Crippen LogP contribution is 2.39. The Hall–Kier alpha value is -1.82. The van der Waals surface area contributed by atoms with Crippen molar-refractivity contribution in [3.63, 3.8) is 0 Å². The van der Waals surface area contributed by atoms with Gasteiger partial charge in [0.25, 0.3) is 0 Å². The van der Waals surface area contributed by atoms with Gasteiger partial charge in [-0.15, -0.1) is 0 Å². The van der Waals surface area contributed by atoms with Crippen molar-refractivity contribution in [1.82, 2.24) is 0 Å². The summed E-state index contributed by atoms with van der Waals surface area (Å²) in [5.41, 5.74) is 5.87. The molecule has 0 unspecified atom stereocenters. The SMILES string of the molecule is C1=Cc2ccc3cccc4c3c2C(=CC4)C1. The van der Waals surface area contributed by atoms with Crippen LogP contribution in [0.1, 0.15) is 23.1 Å². The summed E-state index contributed by atoms with van der Waals surface area (Å²) >= 11 is 0.